The third-order valence-electron chi connectivity index (χ3n) is 7.46. The lowest BCUT2D eigenvalue weighted by molar-refractivity contribution is 0.0531. The highest BCUT2D eigenvalue weighted by Crippen LogP contribution is 2.40. The zero-order valence-electron chi connectivity index (χ0n) is 24.7. The van der Waals surface area contributed by atoms with Gasteiger partial charge in [0.05, 0.1) is 39.7 Å². The van der Waals surface area contributed by atoms with Gasteiger partial charge < -0.3 is 33.9 Å². The molecule has 5 rings (SSSR count). The minimum absolute atomic E-state index is 0.294. The number of aryl methyl sites for hydroxylation is 1. The number of benzene rings is 1. The van der Waals surface area contributed by atoms with Crippen molar-refractivity contribution in [1.82, 2.24) is 15.0 Å². The minimum Gasteiger partial charge on any atom is -0.493 e. The lowest BCUT2D eigenvalue weighted by Gasteiger charge is -2.36. The van der Waals surface area contributed by atoms with E-state index in [1.807, 2.05) is 12.1 Å². The van der Waals surface area contributed by atoms with Gasteiger partial charge in [0.1, 0.15) is 16.5 Å². The molecule has 0 unspecified atom stereocenters. The summed E-state index contributed by atoms with van der Waals surface area (Å²) in [5, 5.41) is 13.9. The third kappa shape index (κ3) is 6.16. The van der Waals surface area contributed by atoms with E-state index in [1.54, 1.807) is 35.2 Å². The number of methoxy groups -OCH3 is 3. The third-order valence-corrected chi connectivity index (χ3v) is 8.51. The molecular formula is C29H38N6O6S. The zero-order valence-corrected chi connectivity index (χ0v) is 25.5. The van der Waals surface area contributed by atoms with E-state index in [9.17, 15) is 9.90 Å². The van der Waals surface area contributed by atoms with Crippen molar-refractivity contribution in [3.05, 3.63) is 33.8 Å². The van der Waals surface area contributed by atoms with Gasteiger partial charge in [-0.25, -0.2) is 9.78 Å². The molecule has 1 aromatic carbocycles. The molecule has 12 nitrogen and oxygen atoms in total. The molecule has 2 aliphatic heterocycles. The van der Waals surface area contributed by atoms with Crippen LogP contribution in [0.15, 0.2) is 12.1 Å². The maximum absolute atomic E-state index is 12.4. The van der Waals surface area contributed by atoms with Crippen LogP contribution in [-0.4, -0.2) is 79.7 Å². The highest BCUT2D eigenvalue weighted by Gasteiger charge is 2.29. The molecule has 2 aromatic heterocycles. The summed E-state index contributed by atoms with van der Waals surface area (Å²) in [5.41, 5.74) is 2.66. The highest BCUT2D eigenvalue weighted by atomic mass is 32.1. The van der Waals surface area contributed by atoms with E-state index in [-0.39, 0.29) is 6.10 Å². The number of carbonyl (C=O) groups is 1. The Morgan fingerprint density at radius 3 is 2.38 bits per heavy atom. The Balaban J connectivity index is 1.52. The second-order valence-electron chi connectivity index (χ2n) is 10.2. The lowest BCUT2D eigenvalue weighted by atomic mass is 10.0. The summed E-state index contributed by atoms with van der Waals surface area (Å²) < 4.78 is 21.9. The fourth-order valence-electron chi connectivity index (χ4n) is 5.43. The minimum atomic E-state index is -0.393. The molecule has 226 valence electrons. The van der Waals surface area contributed by atoms with Crippen LogP contribution < -0.4 is 29.3 Å². The molecule has 3 aromatic rings. The molecule has 0 bridgehead atoms. The molecule has 0 aliphatic carbocycles. The Morgan fingerprint density at radius 1 is 1.05 bits per heavy atom. The maximum atomic E-state index is 12.4. The monoisotopic (exact) mass is 598 g/mol. The SMILES string of the molecule is CCOC(=O)c1sc(Nc2nc(N3CCC(O)CC3)c3c(n2)N(Cc2cc(OC)c(OC)c(OC)c2)CCC3)nc1C. The molecular weight excluding hydrogens is 560 g/mol. The van der Waals surface area contributed by atoms with Crippen molar-refractivity contribution < 1.29 is 28.8 Å². The second-order valence-corrected chi connectivity index (χ2v) is 11.2. The van der Waals surface area contributed by atoms with Gasteiger partial charge in [-0.3, -0.25) is 5.32 Å². The summed E-state index contributed by atoms with van der Waals surface area (Å²) in [6.07, 6.45) is 2.87. The van der Waals surface area contributed by atoms with Gasteiger partial charge in [-0.2, -0.15) is 9.97 Å². The van der Waals surface area contributed by atoms with Gasteiger partial charge in [0.2, 0.25) is 11.7 Å². The standard InChI is InChI=1S/C29H38N6O6S/c1-6-41-27(37)24-17(2)30-29(42-24)33-28-31-25(34-12-9-19(36)10-13-34)20-8-7-11-35(26(20)32-28)16-18-14-21(38-3)23(40-5)22(15-18)39-4/h14-15,19,36H,6-13,16H2,1-5H3,(H,30,31,32,33). The first-order valence-electron chi connectivity index (χ1n) is 14.1. The molecule has 0 amide bonds. The van der Waals surface area contributed by atoms with Crippen LogP contribution >= 0.6 is 11.3 Å². The number of thiazole rings is 1. The van der Waals surface area contributed by atoms with E-state index in [2.05, 4.69) is 20.1 Å². The summed E-state index contributed by atoms with van der Waals surface area (Å²) in [5.74, 6) is 3.45. The predicted octanol–water partition coefficient (Wildman–Crippen LogP) is 4.10. The Morgan fingerprint density at radius 2 is 1.74 bits per heavy atom. The van der Waals surface area contributed by atoms with Gasteiger partial charge in [0.15, 0.2) is 16.6 Å². The summed E-state index contributed by atoms with van der Waals surface area (Å²) in [6, 6.07) is 3.91. The van der Waals surface area contributed by atoms with E-state index in [1.165, 1.54) is 11.3 Å². The number of piperidine rings is 1. The Bertz CT molecular complexity index is 1400. The number of aliphatic hydroxyl groups is 1. The van der Waals surface area contributed by atoms with Crippen LogP contribution in [0.3, 0.4) is 0 Å². The van der Waals surface area contributed by atoms with Crippen LogP contribution in [0.1, 0.15) is 52.7 Å². The molecule has 2 N–H and O–H groups in total. The maximum Gasteiger partial charge on any atom is 0.350 e. The zero-order chi connectivity index (χ0) is 29.8. The number of hydrogen-bond acceptors (Lipinski definition) is 13. The first kappa shape index (κ1) is 29.6. The first-order valence-corrected chi connectivity index (χ1v) is 15.0. The van der Waals surface area contributed by atoms with Crippen LogP contribution in [0.5, 0.6) is 17.2 Å². The van der Waals surface area contributed by atoms with Crippen molar-refractivity contribution in [2.45, 2.75) is 52.2 Å². The Hall–Kier alpha value is -3.84. The number of esters is 1. The van der Waals surface area contributed by atoms with Crippen molar-refractivity contribution in [2.75, 3.05) is 62.7 Å². The molecule has 0 spiro atoms. The average Bonchev–Trinajstić information content (AvgIpc) is 3.36. The second kappa shape index (κ2) is 13.0. The molecule has 42 heavy (non-hydrogen) atoms. The van der Waals surface area contributed by atoms with Crippen molar-refractivity contribution in [3.8, 4) is 17.2 Å². The van der Waals surface area contributed by atoms with Crippen LogP contribution in [0, 0.1) is 6.92 Å². The van der Waals surface area contributed by atoms with Gasteiger partial charge in [0, 0.05) is 31.7 Å². The highest BCUT2D eigenvalue weighted by molar-refractivity contribution is 7.17. The number of aliphatic hydroxyl groups excluding tert-OH is 1. The van der Waals surface area contributed by atoms with Crippen LogP contribution in [-0.2, 0) is 17.7 Å². The molecule has 4 heterocycles. The molecule has 0 saturated carbocycles. The van der Waals surface area contributed by atoms with E-state index in [0.29, 0.717) is 78.0 Å². The molecule has 13 heteroatoms. The summed E-state index contributed by atoms with van der Waals surface area (Å²) >= 11 is 1.22. The van der Waals surface area contributed by atoms with E-state index in [4.69, 9.17) is 28.9 Å². The Labute approximate surface area is 249 Å². The van der Waals surface area contributed by atoms with Crippen molar-refractivity contribution in [2.24, 2.45) is 0 Å². The normalized spacial score (nSPS) is 15.3. The number of aromatic nitrogens is 3. The quantitative estimate of drug-likeness (QED) is 0.326. The average molecular weight is 599 g/mol. The number of anilines is 4. The van der Waals surface area contributed by atoms with Crippen LogP contribution in [0.2, 0.25) is 0 Å². The number of ether oxygens (including phenoxy) is 4. The van der Waals surface area contributed by atoms with E-state index < -0.39 is 5.97 Å². The van der Waals surface area contributed by atoms with Crippen LogP contribution in [0.25, 0.3) is 0 Å². The number of carbonyl (C=O) groups excluding carboxylic acids is 1. The fourth-order valence-corrected chi connectivity index (χ4v) is 6.28. The van der Waals surface area contributed by atoms with Gasteiger partial charge in [-0.1, -0.05) is 11.3 Å². The smallest absolute Gasteiger partial charge is 0.350 e. The number of nitrogens with one attached hydrogen (secondary N) is 1. The van der Waals surface area contributed by atoms with Crippen molar-refractivity contribution >= 4 is 40.0 Å². The van der Waals surface area contributed by atoms with E-state index >= 15 is 0 Å². The first-order chi connectivity index (χ1) is 20.3. The molecule has 1 saturated heterocycles. The largest absolute Gasteiger partial charge is 0.493 e. The van der Waals surface area contributed by atoms with Crippen LogP contribution in [0.4, 0.5) is 22.7 Å². The Kier molecular flexibility index (Phi) is 9.17. The summed E-state index contributed by atoms with van der Waals surface area (Å²) in [7, 11) is 4.81. The van der Waals surface area contributed by atoms with Gasteiger partial charge in [-0.05, 0) is 57.2 Å². The molecule has 2 aliphatic rings. The number of fused-ring (bicyclic) bond motifs is 1. The topological polar surface area (TPSA) is 131 Å². The molecule has 1 fully saturated rings. The summed E-state index contributed by atoms with van der Waals surface area (Å²) in [6.45, 7) is 6.65. The van der Waals surface area contributed by atoms with Gasteiger partial charge >= 0.3 is 5.97 Å². The van der Waals surface area contributed by atoms with Crippen molar-refractivity contribution in [3.63, 3.8) is 0 Å². The van der Waals surface area contributed by atoms with Crippen molar-refractivity contribution in [1.29, 1.82) is 0 Å². The molecule has 0 atom stereocenters. The molecule has 0 radical (unpaired) electrons. The number of rotatable bonds is 10. The van der Waals surface area contributed by atoms with E-state index in [0.717, 1.165) is 42.1 Å². The summed E-state index contributed by atoms with van der Waals surface area (Å²) in [4.78, 5) is 31.8. The van der Waals surface area contributed by atoms with Gasteiger partial charge in [0.25, 0.3) is 0 Å². The van der Waals surface area contributed by atoms with Gasteiger partial charge in [-0.15, -0.1) is 0 Å². The fraction of sp³-hybridized carbons (Fsp3) is 0.517. The predicted molar refractivity (Wildman–Crippen MR) is 161 cm³/mol. The number of hydrogen-bond donors (Lipinski definition) is 2. The lowest BCUT2D eigenvalue weighted by Crippen LogP contribution is -2.38. The number of nitrogens with zero attached hydrogens (tertiary/aromatic N) is 5.